The molecule has 2 aliphatic heterocycles. The Labute approximate surface area is 145 Å². The number of nitrogens with zero attached hydrogens (tertiary/aromatic N) is 4. The number of rotatable bonds is 5. The van der Waals surface area contributed by atoms with E-state index in [4.69, 9.17) is 5.26 Å². The second-order valence-corrected chi connectivity index (χ2v) is 7.31. The summed E-state index contributed by atoms with van der Waals surface area (Å²) in [5.41, 5.74) is 1.91. The number of aliphatic hydroxyl groups is 1. The summed E-state index contributed by atoms with van der Waals surface area (Å²) in [4.78, 5) is 7.36. The lowest BCUT2D eigenvalue weighted by molar-refractivity contribution is 0.116. The molecule has 0 aliphatic carbocycles. The van der Waals surface area contributed by atoms with Crippen molar-refractivity contribution in [2.24, 2.45) is 11.8 Å². The Morgan fingerprint density at radius 3 is 2.58 bits per heavy atom. The molecule has 2 aliphatic rings. The number of likely N-dealkylation sites (N-methyl/N-ethyl adjacent to an activating group) is 1. The standard InChI is InChI=1S/C19H28N4O/c1-21-5-7-22(8-6-21)12-18-13-23(14-19(18)15-24)11-17-4-2-3-16(9-17)10-20/h2-4,9,18-19,24H,5-8,11-15H2,1H3/t18-,19-/m1/s1. The quantitative estimate of drug-likeness (QED) is 0.868. The van der Waals surface area contributed by atoms with Gasteiger partial charge in [-0.05, 0) is 36.6 Å². The van der Waals surface area contributed by atoms with E-state index in [-0.39, 0.29) is 6.61 Å². The zero-order chi connectivity index (χ0) is 16.9. The molecule has 0 bridgehead atoms. The molecule has 0 unspecified atom stereocenters. The van der Waals surface area contributed by atoms with Crippen LogP contribution < -0.4 is 0 Å². The van der Waals surface area contributed by atoms with Crippen molar-refractivity contribution < 1.29 is 5.11 Å². The topological polar surface area (TPSA) is 53.7 Å². The first-order chi connectivity index (χ1) is 11.7. The van der Waals surface area contributed by atoms with Crippen LogP contribution in [0.25, 0.3) is 0 Å². The third-order valence-electron chi connectivity index (χ3n) is 5.44. The van der Waals surface area contributed by atoms with Crippen LogP contribution >= 0.6 is 0 Å². The van der Waals surface area contributed by atoms with Gasteiger partial charge in [0.1, 0.15) is 0 Å². The van der Waals surface area contributed by atoms with Gasteiger partial charge in [0.05, 0.1) is 11.6 Å². The second-order valence-electron chi connectivity index (χ2n) is 7.31. The van der Waals surface area contributed by atoms with Gasteiger partial charge in [0.15, 0.2) is 0 Å². The Kier molecular flexibility index (Phi) is 5.85. The fourth-order valence-corrected chi connectivity index (χ4v) is 3.94. The third kappa shape index (κ3) is 4.34. The molecule has 5 heteroatoms. The average Bonchev–Trinajstić information content (AvgIpc) is 2.98. The normalized spacial score (nSPS) is 26.5. The highest BCUT2D eigenvalue weighted by Crippen LogP contribution is 2.26. The van der Waals surface area contributed by atoms with E-state index in [0.717, 1.165) is 57.9 Å². The molecular formula is C19H28N4O. The fraction of sp³-hybridized carbons (Fsp3) is 0.632. The molecule has 1 aromatic rings. The van der Waals surface area contributed by atoms with E-state index < -0.39 is 0 Å². The summed E-state index contributed by atoms with van der Waals surface area (Å²) in [5.74, 6) is 0.904. The van der Waals surface area contributed by atoms with Gasteiger partial charge in [0.2, 0.25) is 0 Å². The first-order valence-corrected chi connectivity index (χ1v) is 8.91. The number of hydrogen-bond donors (Lipinski definition) is 1. The molecule has 24 heavy (non-hydrogen) atoms. The zero-order valence-corrected chi connectivity index (χ0v) is 14.6. The number of hydrogen-bond acceptors (Lipinski definition) is 5. The van der Waals surface area contributed by atoms with E-state index in [1.54, 1.807) is 0 Å². The van der Waals surface area contributed by atoms with Gasteiger partial charge in [-0.2, -0.15) is 5.26 Å². The van der Waals surface area contributed by atoms with Gasteiger partial charge >= 0.3 is 0 Å². The molecule has 2 saturated heterocycles. The molecule has 130 valence electrons. The maximum absolute atomic E-state index is 9.78. The fourth-order valence-electron chi connectivity index (χ4n) is 3.94. The minimum atomic E-state index is 0.271. The maximum atomic E-state index is 9.78. The van der Waals surface area contributed by atoms with E-state index in [1.165, 1.54) is 5.56 Å². The van der Waals surface area contributed by atoms with Crippen molar-refractivity contribution in [2.75, 3.05) is 59.5 Å². The lowest BCUT2D eigenvalue weighted by Crippen LogP contribution is -2.47. The Bertz CT molecular complexity index is 577. The van der Waals surface area contributed by atoms with Crippen LogP contribution in [-0.4, -0.2) is 79.3 Å². The van der Waals surface area contributed by atoms with Crippen molar-refractivity contribution in [1.29, 1.82) is 5.26 Å². The van der Waals surface area contributed by atoms with E-state index in [2.05, 4.69) is 33.9 Å². The largest absolute Gasteiger partial charge is 0.396 e. The summed E-state index contributed by atoms with van der Waals surface area (Å²) < 4.78 is 0. The van der Waals surface area contributed by atoms with Crippen LogP contribution in [0.3, 0.4) is 0 Å². The number of benzene rings is 1. The van der Waals surface area contributed by atoms with Crippen molar-refractivity contribution in [2.45, 2.75) is 6.54 Å². The molecule has 3 rings (SSSR count). The molecule has 0 amide bonds. The van der Waals surface area contributed by atoms with Gasteiger partial charge < -0.3 is 14.9 Å². The van der Waals surface area contributed by atoms with Crippen LogP contribution in [0, 0.1) is 23.2 Å². The van der Waals surface area contributed by atoms with E-state index >= 15 is 0 Å². The Hall–Kier alpha value is -1.45. The average molecular weight is 328 g/mol. The Balaban J connectivity index is 1.56. The highest BCUT2D eigenvalue weighted by atomic mass is 16.3. The van der Waals surface area contributed by atoms with Crippen LogP contribution in [0.1, 0.15) is 11.1 Å². The van der Waals surface area contributed by atoms with Gasteiger partial charge in [-0.25, -0.2) is 0 Å². The van der Waals surface area contributed by atoms with Crippen LogP contribution in [0.2, 0.25) is 0 Å². The van der Waals surface area contributed by atoms with Crippen molar-refractivity contribution >= 4 is 0 Å². The van der Waals surface area contributed by atoms with Crippen molar-refractivity contribution in [3.63, 3.8) is 0 Å². The van der Waals surface area contributed by atoms with E-state index in [9.17, 15) is 5.11 Å². The molecule has 5 nitrogen and oxygen atoms in total. The molecule has 0 radical (unpaired) electrons. The molecule has 2 atom stereocenters. The van der Waals surface area contributed by atoms with Gasteiger partial charge in [-0.3, -0.25) is 4.90 Å². The molecule has 0 spiro atoms. The molecule has 1 N–H and O–H groups in total. The Morgan fingerprint density at radius 1 is 1.12 bits per heavy atom. The smallest absolute Gasteiger partial charge is 0.0991 e. The van der Waals surface area contributed by atoms with Gasteiger partial charge in [-0.1, -0.05) is 12.1 Å². The lowest BCUT2D eigenvalue weighted by Gasteiger charge is -2.34. The minimum Gasteiger partial charge on any atom is -0.396 e. The summed E-state index contributed by atoms with van der Waals surface area (Å²) in [7, 11) is 2.18. The summed E-state index contributed by atoms with van der Waals surface area (Å²) in [6, 6.07) is 10.1. The first-order valence-electron chi connectivity index (χ1n) is 8.91. The third-order valence-corrected chi connectivity index (χ3v) is 5.44. The Morgan fingerprint density at radius 2 is 1.88 bits per heavy atom. The lowest BCUT2D eigenvalue weighted by atomic mass is 9.96. The highest BCUT2D eigenvalue weighted by Gasteiger charge is 2.33. The van der Waals surface area contributed by atoms with Crippen LogP contribution in [-0.2, 0) is 6.54 Å². The van der Waals surface area contributed by atoms with Gasteiger partial charge in [0.25, 0.3) is 0 Å². The van der Waals surface area contributed by atoms with E-state index in [1.807, 2.05) is 18.2 Å². The van der Waals surface area contributed by atoms with Crippen LogP contribution in [0.15, 0.2) is 24.3 Å². The molecule has 0 aromatic heterocycles. The van der Waals surface area contributed by atoms with Crippen molar-refractivity contribution in [1.82, 2.24) is 14.7 Å². The molecule has 1 aromatic carbocycles. The van der Waals surface area contributed by atoms with Crippen LogP contribution in [0.5, 0.6) is 0 Å². The summed E-state index contributed by atoms with van der Waals surface area (Å²) in [5, 5.41) is 18.8. The molecular weight excluding hydrogens is 300 g/mol. The van der Waals surface area contributed by atoms with E-state index in [0.29, 0.717) is 11.8 Å². The number of aliphatic hydroxyl groups excluding tert-OH is 1. The molecule has 2 heterocycles. The molecule has 2 fully saturated rings. The second kappa shape index (κ2) is 8.09. The highest BCUT2D eigenvalue weighted by molar-refractivity contribution is 5.32. The SMILES string of the molecule is CN1CCN(C[C@@H]2CN(Cc3cccc(C#N)c3)C[C@@H]2CO)CC1. The summed E-state index contributed by atoms with van der Waals surface area (Å²) in [6.07, 6.45) is 0. The minimum absolute atomic E-state index is 0.271. The first kappa shape index (κ1) is 17.4. The van der Waals surface area contributed by atoms with Gasteiger partial charge in [-0.15, -0.1) is 0 Å². The van der Waals surface area contributed by atoms with Crippen molar-refractivity contribution in [3.05, 3.63) is 35.4 Å². The molecule has 0 saturated carbocycles. The monoisotopic (exact) mass is 328 g/mol. The predicted octanol–water partition coefficient (Wildman–Crippen LogP) is 0.846. The predicted molar refractivity (Wildman–Crippen MR) is 94.4 cm³/mol. The zero-order valence-electron chi connectivity index (χ0n) is 14.6. The number of nitriles is 1. The number of piperazine rings is 1. The van der Waals surface area contributed by atoms with Crippen LogP contribution in [0.4, 0.5) is 0 Å². The number of likely N-dealkylation sites (tertiary alicyclic amines) is 1. The maximum Gasteiger partial charge on any atom is 0.0991 e. The van der Waals surface area contributed by atoms with Gasteiger partial charge in [0, 0.05) is 59.0 Å². The van der Waals surface area contributed by atoms with Crippen molar-refractivity contribution in [3.8, 4) is 6.07 Å². The summed E-state index contributed by atoms with van der Waals surface area (Å²) in [6.45, 7) is 8.76. The summed E-state index contributed by atoms with van der Waals surface area (Å²) >= 11 is 0.